The molecule has 2 fully saturated rings. The number of carbonyl (C=O) groups excluding carboxylic acids is 1. The fourth-order valence-corrected chi connectivity index (χ4v) is 4.97. The maximum atomic E-state index is 12.6. The molecule has 1 unspecified atom stereocenters. The second-order valence-corrected chi connectivity index (χ2v) is 9.61. The van der Waals surface area contributed by atoms with Crippen LogP contribution < -0.4 is 5.32 Å². The highest BCUT2D eigenvalue weighted by Gasteiger charge is 2.31. The Balaban J connectivity index is 0.00000312. The Morgan fingerprint density at radius 3 is 2.28 bits per heavy atom. The van der Waals surface area contributed by atoms with Crippen LogP contribution in [0.1, 0.15) is 46.0 Å². The number of hydrogen-bond acceptors (Lipinski definition) is 4. The monoisotopic (exact) mass is 395 g/mol. The van der Waals surface area contributed by atoms with Crippen molar-refractivity contribution in [3.05, 3.63) is 0 Å². The Labute approximate surface area is 159 Å². The molecule has 0 aromatic carbocycles. The molecule has 2 heterocycles. The number of hydrogen-bond donors (Lipinski definition) is 1. The number of carbonyl (C=O) groups is 1. The van der Waals surface area contributed by atoms with Crippen molar-refractivity contribution in [1.29, 1.82) is 0 Å². The van der Waals surface area contributed by atoms with E-state index in [-0.39, 0.29) is 30.1 Å². The lowest BCUT2D eigenvalue weighted by Crippen LogP contribution is -2.48. The maximum absolute atomic E-state index is 12.6. The smallest absolute Gasteiger partial charge is 0.222 e. The molecule has 8 heteroatoms. The van der Waals surface area contributed by atoms with Crippen molar-refractivity contribution in [2.75, 3.05) is 39.0 Å². The fraction of sp³-hybridized carbons (Fsp3) is 0.941. The molecule has 2 rings (SSSR count). The van der Waals surface area contributed by atoms with Gasteiger partial charge in [0.1, 0.15) is 0 Å². The second-order valence-electron chi connectivity index (χ2n) is 7.30. The topological polar surface area (TPSA) is 69.7 Å². The first-order chi connectivity index (χ1) is 11.3. The summed E-state index contributed by atoms with van der Waals surface area (Å²) in [5, 5.41) is 3.37. The van der Waals surface area contributed by atoms with Crippen molar-refractivity contribution < 1.29 is 13.2 Å². The van der Waals surface area contributed by atoms with Crippen LogP contribution in [-0.4, -0.2) is 68.6 Å². The molecule has 2 saturated heterocycles. The van der Waals surface area contributed by atoms with Gasteiger partial charge in [0.2, 0.25) is 15.9 Å². The minimum Gasteiger partial charge on any atom is -0.343 e. The average molecular weight is 396 g/mol. The van der Waals surface area contributed by atoms with E-state index >= 15 is 0 Å². The van der Waals surface area contributed by atoms with Crippen molar-refractivity contribution in [2.24, 2.45) is 11.8 Å². The van der Waals surface area contributed by atoms with Crippen LogP contribution in [0.5, 0.6) is 0 Å². The third-order valence-electron chi connectivity index (χ3n) is 5.82. The number of piperidine rings is 2. The molecule has 2 aliphatic rings. The molecular formula is C17H34ClN3O3S. The molecule has 0 saturated carbocycles. The third kappa shape index (κ3) is 6.08. The molecule has 1 amide bonds. The highest BCUT2D eigenvalue weighted by molar-refractivity contribution is 7.89. The van der Waals surface area contributed by atoms with Crippen LogP contribution in [0, 0.1) is 11.8 Å². The van der Waals surface area contributed by atoms with Gasteiger partial charge < -0.3 is 10.2 Å². The first kappa shape index (κ1) is 22.7. The zero-order chi connectivity index (χ0) is 17.7. The van der Waals surface area contributed by atoms with Gasteiger partial charge in [-0.3, -0.25) is 4.79 Å². The average Bonchev–Trinajstić information content (AvgIpc) is 2.61. The number of rotatable bonds is 6. The van der Waals surface area contributed by atoms with Gasteiger partial charge >= 0.3 is 0 Å². The van der Waals surface area contributed by atoms with Gasteiger partial charge in [-0.25, -0.2) is 12.7 Å². The van der Waals surface area contributed by atoms with Crippen molar-refractivity contribution in [3.63, 3.8) is 0 Å². The second kappa shape index (κ2) is 10.1. The summed E-state index contributed by atoms with van der Waals surface area (Å²) in [6.07, 6.45) is 4.43. The third-order valence-corrected chi connectivity index (χ3v) is 7.73. The van der Waals surface area contributed by atoms with Gasteiger partial charge in [0.15, 0.2) is 0 Å². The first-order valence-electron chi connectivity index (χ1n) is 9.29. The molecule has 0 aromatic rings. The van der Waals surface area contributed by atoms with Crippen LogP contribution in [0.2, 0.25) is 0 Å². The van der Waals surface area contributed by atoms with Crippen molar-refractivity contribution >= 4 is 28.3 Å². The van der Waals surface area contributed by atoms with Crippen LogP contribution in [0.3, 0.4) is 0 Å². The molecule has 148 valence electrons. The molecule has 0 aromatic heterocycles. The highest BCUT2D eigenvalue weighted by atomic mass is 35.5. The van der Waals surface area contributed by atoms with Crippen LogP contribution >= 0.6 is 12.4 Å². The summed E-state index contributed by atoms with van der Waals surface area (Å²) >= 11 is 0. The molecular weight excluding hydrogens is 362 g/mol. The molecule has 0 spiro atoms. The summed E-state index contributed by atoms with van der Waals surface area (Å²) in [5.41, 5.74) is 0. The molecule has 1 N–H and O–H groups in total. The summed E-state index contributed by atoms with van der Waals surface area (Å²) in [7, 11) is -1.48. The molecule has 6 nitrogen and oxygen atoms in total. The van der Waals surface area contributed by atoms with Crippen LogP contribution in [0.15, 0.2) is 0 Å². The number of amides is 1. The van der Waals surface area contributed by atoms with Gasteiger partial charge in [-0.2, -0.15) is 0 Å². The highest BCUT2D eigenvalue weighted by Crippen LogP contribution is 2.26. The number of halogens is 1. The molecule has 0 aliphatic carbocycles. The lowest BCUT2D eigenvalue weighted by Gasteiger charge is -2.37. The van der Waals surface area contributed by atoms with Gasteiger partial charge in [0.05, 0.1) is 5.75 Å². The Hall–Kier alpha value is -0.370. The Kier molecular flexibility index (Phi) is 9.15. The lowest BCUT2D eigenvalue weighted by molar-refractivity contribution is -0.133. The van der Waals surface area contributed by atoms with E-state index in [1.54, 1.807) is 14.0 Å². The number of nitrogens with zero attached hydrogens (tertiary/aromatic N) is 2. The Morgan fingerprint density at radius 2 is 1.76 bits per heavy atom. The normalized spacial score (nSPS) is 21.8. The van der Waals surface area contributed by atoms with Crippen LogP contribution in [0.4, 0.5) is 0 Å². The Morgan fingerprint density at radius 1 is 1.20 bits per heavy atom. The molecule has 0 radical (unpaired) electrons. The van der Waals surface area contributed by atoms with Crippen molar-refractivity contribution in [2.45, 2.75) is 52.0 Å². The van der Waals surface area contributed by atoms with Crippen LogP contribution in [0.25, 0.3) is 0 Å². The molecule has 2 aliphatic heterocycles. The van der Waals surface area contributed by atoms with Gasteiger partial charge in [-0.05, 0) is 57.5 Å². The zero-order valence-corrected chi connectivity index (χ0v) is 17.4. The van der Waals surface area contributed by atoms with E-state index in [0.29, 0.717) is 31.3 Å². The van der Waals surface area contributed by atoms with E-state index < -0.39 is 10.0 Å². The minimum absolute atomic E-state index is 0. The van der Waals surface area contributed by atoms with E-state index in [0.717, 1.165) is 38.8 Å². The Bertz CT molecular complexity index is 515. The van der Waals surface area contributed by atoms with E-state index in [1.807, 2.05) is 4.90 Å². The van der Waals surface area contributed by atoms with Crippen molar-refractivity contribution in [3.8, 4) is 0 Å². The summed E-state index contributed by atoms with van der Waals surface area (Å²) in [6, 6.07) is 0.0286. The summed E-state index contributed by atoms with van der Waals surface area (Å²) < 4.78 is 25.5. The summed E-state index contributed by atoms with van der Waals surface area (Å²) in [4.78, 5) is 14.5. The lowest BCUT2D eigenvalue weighted by atomic mass is 9.84. The van der Waals surface area contributed by atoms with Crippen LogP contribution in [-0.2, 0) is 14.8 Å². The predicted octanol–water partition coefficient (Wildman–Crippen LogP) is 1.71. The van der Waals surface area contributed by atoms with E-state index in [9.17, 15) is 13.2 Å². The number of likely N-dealkylation sites (tertiary alicyclic amines) is 1. The van der Waals surface area contributed by atoms with Gasteiger partial charge in [0, 0.05) is 32.6 Å². The first-order valence-corrected chi connectivity index (χ1v) is 10.9. The standard InChI is InChI=1S/C17H33N3O3S.ClH/c1-4-24(22,23)19(3)16-7-11-20(12-8-16)17(21)13-14(2)15-5-9-18-10-6-15;/h14-16,18H,4-13H2,1-3H3;1H. The maximum Gasteiger partial charge on any atom is 0.222 e. The molecule has 1 atom stereocenters. The van der Waals surface area contributed by atoms with Gasteiger partial charge in [-0.15, -0.1) is 12.4 Å². The van der Waals surface area contributed by atoms with E-state index in [4.69, 9.17) is 0 Å². The minimum atomic E-state index is -3.15. The zero-order valence-electron chi connectivity index (χ0n) is 15.7. The number of nitrogens with one attached hydrogen (secondary N) is 1. The summed E-state index contributed by atoms with van der Waals surface area (Å²) in [5.74, 6) is 1.45. The van der Waals surface area contributed by atoms with Gasteiger partial charge in [-0.1, -0.05) is 6.92 Å². The molecule has 0 bridgehead atoms. The molecule has 25 heavy (non-hydrogen) atoms. The SMILES string of the molecule is CCS(=O)(=O)N(C)C1CCN(C(=O)CC(C)C2CCNCC2)CC1.Cl. The summed E-state index contributed by atoms with van der Waals surface area (Å²) in [6.45, 7) is 7.34. The van der Waals surface area contributed by atoms with Gasteiger partial charge in [0.25, 0.3) is 0 Å². The number of sulfonamides is 1. The van der Waals surface area contributed by atoms with E-state index in [2.05, 4.69) is 12.2 Å². The largest absolute Gasteiger partial charge is 0.343 e. The quantitative estimate of drug-likeness (QED) is 0.743. The van der Waals surface area contributed by atoms with E-state index in [1.165, 1.54) is 4.31 Å². The predicted molar refractivity (Wildman–Crippen MR) is 103 cm³/mol. The fourth-order valence-electron chi connectivity index (χ4n) is 3.89. The van der Waals surface area contributed by atoms with Crippen molar-refractivity contribution in [1.82, 2.24) is 14.5 Å².